The Labute approximate surface area is 188 Å². The highest BCUT2D eigenvalue weighted by Gasteiger charge is 2.13. The Bertz CT molecular complexity index is 1240. The van der Waals surface area contributed by atoms with Crippen molar-refractivity contribution < 1.29 is 26.3 Å². The second-order valence-corrected chi connectivity index (χ2v) is 7.12. The van der Waals surface area contributed by atoms with Crippen LogP contribution in [0.1, 0.15) is 11.1 Å². The lowest BCUT2D eigenvalue weighted by molar-refractivity contribution is -0.00000724. The van der Waals surface area contributed by atoms with Crippen LogP contribution in [-0.2, 0) is 13.2 Å². The molecule has 1 aromatic heterocycles. The van der Waals surface area contributed by atoms with E-state index < -0.39 is 0 Å². The number of anilines is 1. The molecule has 4 aromatic rings. The standard InChI is InChI=1S/C22H19ClFN3O3.ClH/c1-29-20-9-14(11-25-16-6-7-18-19(10-16)27-22(28)26-18)8-17(23)21(20)30-12-13-2-4-15(24)5-3-13;/h2-10,25H,11-12H2,1H3,(H2,26,27,28);1H/p-1. The molecule has 0 bridgehead atoms. The van der Waals surface area contributed by atoms with Gasteiger partial charge >= 0.3 is 5.69 Å². The number of nitrogens with one attached hydrogen (secondary N) is 3. The molecule has 0 aliphatic heterocycles. The maximum atomic E-state index is 13.0. The second-order valence-electron chi connectivity index (χ2n) is 6.72. The topological polar surface area (TPSA) is 79.1 Å². The number of aromatic nitrogens is 2. The van der Waals surface area contributed by atoms with E-state index in [-0.39, 0.29) is 30.5 Å². The number of benzene rings is 3. The van der Waals surface area contributed by atoms with E-state index in [1.807, 2.05) is 24.3 Å². The maximum Gasteiger partial charge on any atom is 0.323 e. The molecule has 3 aromatic carbocycles. The Balaban J connectivity index is 0.00000272. The zero-order valence-electron chi connectivity index (χ0n) is 16.5. The molecule has 1 heterocycles. The number of rotatable bonds is 7. The van der Waals surface area contributed by atoms with Crippen molar-refractivity contribution in [3.63, 3.8) is 0 Å². The first-order chi connectivity index (χ1) is 14.5. The summed E-state index contributed by atoms with van der Waals surface area (Å²) >= 11 is 6.43. The van der Waals surface area contributed by atoms with E-state index in [1.54, 1.807) is 25.3 Å². The molecule has 31 heavy (non-hydrogen) atoms. The van der Waals surface area contributed by atoms with Gasteiger partial charge in [-0.05, 0) is 53.6 Å². The lowest BCUT2D eigenvalue weighted by atomic mass is 10.2. The van der Waals surface area contributed by atoms with E-state index in [1.165, 1.54) is 12.1 Å². The molecular weight excluding hydrogens is 444 g/mol. The van der Waals surface area contributed by atoms with Crippen molar-refractivity contribution in [2.24, 2.45) is 0 Å². The largest absolute Gasteiger partial charge is 1.00 e. The number of halogens is 3. The monoisotopic (exact) mass is 462 g/mol. The van der Waals surface area contributed by atoms with Gasteiger partial charge in [0.05, 0.1) is 23.2 Å². The Hall–Kier alpha value is -3.16. The van der Waals surface area contributed by atoms with Crippen LogP contribution >= 0.6 is 11.6 Å². The first kappa shape index (κ1) is 22.5. The zero-order valence-corrected chi connectivity index (χ0v) is 18.0. The van der Waals surface area contributed by atoms with Crippen LogP contribution in [0.3, 0.4) is 0 Å². The fourth-order valence-corrected chi connectivity index (χ4v) is 3.39. The molecule has 0 radical (unpaired) electrons. The minimum atomic E-state index is -0.298. The minimum absolute atomic E-state index is 0. The molecule has 0 unspecified atom stereocenters. The highest BCUT2D eigenvalue weighted by atomic mass is 35.5. The van der Waals surface area contributed by atoms with Crippen LogP contribution in [0.5, 0.6) is 11.5 Å². The summed E-state index contributed by atoms with van der Waals surface area (Å²) in [6.45, 7) is 0.733. The smallest absolute Gasteiger partial charge is 0.323 e. The Morgan fingerprint density at radius 1 is 1.00 bits per heavy atom. The summed E-state index contributed by atoms with van der Waals surface area (Å²) in [5, 5.41) is 3.71. The molecule has 0 spiro atoms. The number of hydrogen-bond donors (Lipinski definition) is 3. The number of ether oxygens (including phenoxy) is 2. The maximum absolute atomic E-state index is 13.0. The molecule has 6 nitrogen and oxygen atoms in total. The van der Waals surface area contributed by atoms with Crippen LogP contribution in [0, 0.1) is 5.82 Å². The van der Waals surface area contributed by atoms with E-state index in [2.05, 4.69) is 15.3 Å². The van der Waals surface area contributed by atoms with Gasteiger partial charge in [-0.15, -0.1) is 0 Å². The number of hydrogen-bond acceptors (Lipinski definition) is 4. The molecule has 9 heteroatoms. The van der Waals surface area contributed by atoms with Gasteiger partial charge in [0, 0.05) is 12.2 Å². The molecule has 0 saturated carbocycles. The van der Waals surface area contributed by atoms with E-state index in [0.29, 0.717) is 23.1 Å². The van der Waals surface area contributed by atoms with Crippen LogP contribution in [0.4, 0.5) is 10.1 Å². The average Bonchev–Trinajstić information content (AvgIpc) is 3.11. The summed E-state index contributed by atoms with van der Waals surface area (Å²) in [6.07, 6.45) is 0. The predicted octanol–water partition coefficient (Wildman–Crippen LogP) is 1.85. The van der Waals surface area contributed by atoms with Crippen molar-refractivity contribution in [2.75, 3.05) is 12.4 Å². The van der Waals surface area contributed by atoms with Gasteiger partial charge in [0.25, 0.3) is 0 Å². The molecular formula is C22H19Cl2FN3O3-. The molecule has 0 atom stereocenters. The first-order valence-electron chi connectivity index (χ1n) is 9.21. The molecule has 162 valence electrons. The number of H-pyrrole nitrogens is 2. The van der Waals surface area contributed by atoms with Crippen molar-refractivity contribution in [2.45, 2.75) is 13.2 Å². The van der Waals surface area contributed by atoms with E-state index >= 15 is 0 Å². The van der Waals surface area contributed by atoms with Gasteiger partial charge in [0.1, 0.15) is 12.4 Å². The molecule has 0 amide bonds. The van der Waals surface area contributed by atoms with Crippen molar-refractivity contribution in [1.29, 1.82) is 0 Å². The summed E-state index contributed by atoms with van der Waals surface area (Å²) in [4.78, 5) is 16.8. The third-order valence-electron chi connectivity index (χ3n) is 4.60. The van der Waals surface area contributed by atoms with Crippen molar-refractivity contribution in [3.05, 3.63) is 87.0 Å². The summed E-state index contributed by atoms with van der Waals surface area (Å²) in [6, 6.07) is 15.3. The summed E-state index contributed by atoms with van der Waals surface area (Å²) in [5.41, 5.74) is 3.80. The Morgan fingerprint density at radius 2 is 1.74 bits per heavy atom. The fraction of sp³-hybridized carbons (Fsp3) is 0.136. The van der Waals surface area contributed by atoms with Crippen LogP contribution in [0.15, 0.2) is 59.4 Å². The van der Waals surface area contributed by atoms with Gasteiger partial charge in [0.15, 0.2) is 11.5 Å². The van der Waals surface area contributed by atoms with E-state index in [0.717, 1.165) is 27.8 Å². The van der Waals surface area contributed by atoms with E-state index in [4.69, 9.17) is 21.1 Å². The number of methoxy groups -OCH3 is 1. The molecule has 0 fully saturated rings. The zero-order chi connectivity index (χ0) is 21.1. The number of aromatic amines is 2. The molecule has 0 aliphatic carbocycles. The van der Waals surface area contributed by atoms with Crippen molar-refractivity contribution in [1.82, 2.24) is 9.97 Å². The van der Waals surface area contributed by atoms with Gasteiger partial charge in [-0.3, -0.25) is 0 Å². The second kappa shape index (κ2) is 9.76. The molecule has 0 aliphatic rings. The van der Waals surface area contributed by atoms with Crippen LogP contribution in [0.25, 0.3) is 11.0 Å². The van der Waals surface area contributed by atoms with Crippen LogP contribution < -0.4 is 32.9 Å². The molecule has 3 N–H and O–H groups in total. The van der Waals surface area contributed by atoms with Gasteiger partial charge in [-0.2, -0.15) is 0 Å². The Kier molecular flexibility index (Phi) is 7.09. The van der Waals surface area contributed by atoms with Crippen LogP contribution in [-0.4, -0.2) is 17.1 Å². The van der Waals surface area contributed by atoms with Gasteiger partial charge < -0.3 is 37.2 Å². The lowest BCUT2D eigenvalue weighted by Crippen LogP contribution is -3.00. The molecule has 0 saturated heterocycles. The van der Waals surface area contributed by atoms with Crippen LogP contribution in [0.2, 0.25) is 5.02 Å². The third kappa shape index (κ3) is 5.31. The highest BCUT2D eigenvalue weighted by molar-refractivity contribution is 6.32. The third-order valence-corrected chi connectivity index (χ3v) is 4.88. The van der Waals surface area contributed by atoms with Gasteiger partial charge in [-0.25, -0.2) is 9.18 Å². The SMILES string of the molecule is COc1cc(CNc2ccc3[nH]c(=O)[nH]c3c2)cc(Cl)c1OCc1ccc(F)cc1.[Cl-]. The quantitative estimate of drug-likeness (QED) is 0.391. The van der Waals surface area contributed by atoms with Gasteiger partial charge in [0.2, 0.25) is 0 Å². The van der Waals surface area contributed by atoms with E-state index in [9.17, 15) is 9.18 Å². The summed E-state index contributed by atoms with van der Waals surface area (Å²) in [7, 11) is 1.55. The first-order valence-corrected chi connectivity index (χ1v) is 9.59. The number of fused-ring (bicyclic) bond motifs is 1. The Morgan fingerprint density at radius 3 is 2.48 bits per heavy atom. The predicted molar refractivity (Wildman–Crippen MR) is 115 cm³/mol. The molecule has 4 rings (SSSR count). The lowest BCUT2D eigenvalue weighted by Gasteiger charge is -2.15. The number of imidazole rings is 1. The van der Waals surface area contributed by atoms with Gasteiger partial charge in [-0.1, -0.05) is 23.7 Å². The highest BCUT2D eigenvalue weighted by Crippen LogP contribution is 2.37. The summed E-state index contributed by atoms with van der Waals surface area (Å²) in [5.74, 6) is 0.638. The van der Waals surface area contributed by atoms with Crippen molar-refractivity contribution >= 4 is 28.3 Å². The van der Waals surface area contributed by atoms with Crippen molar-refractivity contribution in [3.8, 4) is 11.5 Å². The minimum Gasteiger partial charge on any atom is -1.00 e. The fourth-order valence-electron chi connectivity index (χ4n) is 3.10. The normalized spacial score (nSPS) is 10.5. The summed E-state index contributed by atoms with van der Waals surface area (Å²) < 4.78 is 24.3. The average molecular weight is 463 g/mol.